The monoisotopic (exact) mass is 462 g/mol. The summed E-state index contributed by atoms with van der Waals surface area (Å²) in [5.74, 6) is 0. The van der Waals surface area contributed by atoms with Crippen LogP contribution in [-0.4, -0.2) is 0 Å². The van der Waals surface area contributed by atoms with Gasteiger partial charge in [0.25, 0.3) is 0 Å². The molecule has 0 aliphatic heterocycles. The standard InChI is InChI=1S/C16H16I2/c17-11-15-7-3-13(4-8-15)1-2-14-5-9-16(12-18)10-6-14/h3-10H,1-2,11-12H2. The Labute approximate surface area is 136 Å². The van der Waals surface area contributed by atoms with Gasteiger partial charge in [-0.3, -0.25) is 0 Å². The summed E-state index contributed by atoms with van der Waals surface area (Å²) in [4.78, 5) is 0. The van der Waals surface area contributed by atoms with Crippen molar-refractivity contribution < 1.29 is 0 Å². The zero-order valence-electron chi connectivity index (χ0n) is 10.2. The van der Waals surface area contributed by atoms with Crippen molar-refractivity contribution in [3.63, 3.8) is 0 Å². The normalized spacial score (nSPS) is 10.6. The lowest BCUT2D eigenvalue weighted by atomic mass is 10.0. The second-order valence-corrected chi connectivity index (χ2v) is 5.93. The number of hydrogen-bond donors (Lipinski definition) is 0. The van der Waals surface area contributed by atoms with Crippen molar-refractivity contribution in [3.8, 4) is 0 Å². The number of hydrogen-bond acceptors (Lipinski definition) is 0. The van der Waals surface area contributed by atoms with Gasteiger partial charge in [-0.25, -0.2) is 0 Å². The van der Waals surface area contributed by atoms with Crippen LogP contribution in [0.3, 0.4) is 0 Å². The molecule has 0 N–H and O–H groups in total. The molecule has 0 atom stereocenters. The van der Waals surface area contributed by atoms with Crippen LogP contribution in [0.1, 0.15) is 22.3 Å². The predicted molar refractivity (Wildman–Crippen MR) is 95.7 cm³/mol. The minimum absolute atomic E-state index is 1.09. The van der Waals surface area contributed by atoms with E-state index in [1.807, 2.05) is 0 Å². The van der Waals surface area contributed by atoms with Crippen LogP contribution in [0.25, 0.3) is 0 Å². The molecule has 0 saturated heterocycles. The highest BCUT2D eigenvalue weighted by Crippen LogP contribution is 2.13. The quantitative estimate of drug-likeness (QED) is 0.416. The van der Waals surface area contributed by atoms with Gasteiger partial charge in [-0.05, 0) is 35.1 Å². The van der Waals surface area contributed by atoms with Crippen LogP contribution in [0.4, 0.5) is 0 Å². The summed E-state index contributed by atoms with van der Waals surface area (Å²) >= 11 is 4.80. The maximum absolute atomic E-state index is 2.40. The molecule has 0 heterocycles. The van der Waals surface area contributed by atoms with Gasteiger partial charge >= 0.3 is 0 Å². The zero-order chi connectivity index (χ0) is 12.8. The van der Waals surface area contributed by atoms with Gasteiger partial charge in [0.15, 0.2) is 0 Å². The molecular weight excluding hydrogens is 446 g/mol. The summed E-state index contributed by atoms with van der Waals surface area (Å²) in [5, 5.41) is 0. The molecule has 0 unspecified atom stereocenters. The molecule has 2 aromatic rings. The molecule has 2 aromatic carbocycles. The average molecular weight is 462 g/mol. The van der Waals surface area contributed by atoms with Crippen molar-refractivity contribution >= 4 is 45.2 Å². The molecule has 94 valence electrons. The fraction of sp³-hybridized carbons (Fsp3) is 0.250. The third kappa shape index (κ3) is 4.23. The summed E-state index contributed by atoms with van der Waals surface area (Å²) in [6.07, 6.45) is 2.26. The van der Waals surface area contributed by atoms with E-state index in [2.05, 4.69) is 93.7 Å². The lowest BCUT2D eigenvalue weighted by molar-refractivity contribution is 0.958. The Bertz CT molecular complexity index is 424. The summed E-state index contributed by atoms with van der Waals surface area (Å²) < 4.78 is 2.19. The van der Waals surface area contributed by atoms with E-state index in [9.17, 15) is 0 Å². The molecule has 2 heteroatoms. The number of alkyl halides is 2. The SMILES string of the molecule is ICc1ccc(CCc2ccc(CI)cc2)cc1. The van der Waals surface area contributed by atoms with Crippen molar-refractivity contribution in [2.24, 2.45) is 0 Å². The molecule has 0 radical (unpaired) electrons. The topological polar surface area (TPSA) is 0 Å². The average Bonchev–Trinajstić information content (AvgIpc) is 2.46. The Morgan fingerprint density at radius 2 is 0.778 bits per heavy atom. The molecule has 0 aliphatic rings. The summed E-state index contributed by atoms with van der Waals surface area (Å²) in [6, 6.07) is 18.0. The molecule has 2 rings (SSSR count). The van der Waals surface area contributed by atoms with Crippen LogP contribution in [0.5, 0.6) is 0 Å². The minimum atomic E-state index is 1.09. The van der Waals surface area contributed by atoms with Crippen molar-refractivity contribution in [2.75, 3.05) is 0 Å². The molecule has 18 heavy (non-hydrogen) atoms. The van der Waals surface area contributed by atoms with E-state index in [0.717, 1.165) is 21.7 Å². The fourth-order valence-corrected chi connectivity index (χ4v) is 2.90. The Hall–Kier alpha value is -0.100. The molecule has 0 spiro atoms. The van der Waals surface area contributed by atoms with Crippen LogP contribution >= 0.6 is 45.2 Å². The summed E-state index contributed by atoms with van der Waals surface area (Å²) in [7, 11) is 0. The smallest absolute Gasteiger partial charge is 0.0247 e. The van der Waals surface area contributed by atoms with Gasteiger partial charge in [0.2, 0.25) is 0 Å². The van der Waals surface area contributed by atoms with Gasteiger partial charge in [-0.1, -0.05) is 93.7 Å². The second kappa shape index (κ2) is 7.48. The zero-order valence-corrected chi connectivity index (χ0v) is 14.5. The summed E-state index contributed by atoms with van der Waals surface area (Å²) in [5.41, 5.74) is 5.68. The van der Waals surface area contributed by atoms with Gasteiger partial charge in [-0.2, -0.15) is 0 Å². The highest BCUT2D eigenvalue weighted by Gasteiger charge is 1.97. The van der Waals surface area contributed by atoms with Crippen LogP contribution in [0.2, 0.25) is 0 Å². The van der Waals surface area contributed by atoms with Gasteiger partial charge in [0.1, 0.15) is 0 Å². The fourth-order valence-electron chi connectivity index (χ4n) is 1.88. The molecule has 0 nitrogen and oxygen atoms in total. The second-order valence-electron chi connectivity index (χ2n) is 4.40. The Kier molecular flexibility index (Phi) is 5.95. The van der Waals surface area contributed by atoms with Gasteiger partial charge < -0.3 is 0 Å². The van der Waals surface area contributed by atoms with E-state index in [4.69, 9.17) is 0 Å². The van der Waals surface area contributed by atoms with E-state index in [-0.39, 0.29) is 0 Å². The van der Waals surface area contributed by atoms with Crippen molar-refractivity contribution in [1.82, 2.24) is 0 Å². The van der Waals surface area contributed by atoms with Crippen molar-refractivity contribution in [2.45, 2.75) is 21.7 Å². The molecule has 0 bridgehead atoms. The molecular formula is C16H16I2. The van der Waals surface area contributed by atoms with Crippen molar-refractivity contribution in [1.29, 1.82) is 0 Å². The minimum Gasteiger partial charge on any atom is -0.0812 e. The molecule has 0 aromatic heterocycles. The van der Waals surface area contributed by atoms with Crippen LogP contribution in [0, 0.1) is 0 Å². The van der Waals surface area contributed by atoms with Crippen LogP contribution in [0.15, 0.2) is 48.5 Å². The first-order chi connectivity index (χ1) is 8.81. The molecule has 0 amide bonds. The highest BCUT2D eigenvalue weighted by molar-refractivity contribution is 14.1. The molecule has 0 aliphatic carbocycles. The first kappa shape index (κ1) is 14.3. The number of benzene rings is 2. The lowest BCUT2D eigenvalue weighted by Gasteiger charge is -2.04. The predicted octanol–water partition coefficient (Wildman–Crippen LogP) is 5.34. The molecule has 0 fully saturated rings. The highest BCUT2D eigenvalue weighted by atomic mass is 127. The van der Waals surface area contributed by atoms with E-state index in [1.54, 1.807) is 0 Å². The van der Waals surface area contributed by atoms with Crippen molar-refractivity contribution in [3.05, 3.63) is 70.8 Å². The van der Waals surface area contributed by atoms with Crippen LogP contribution < -0.4 is 0 Å². The van der Waals surface area contributed by atoms with Gasteiger partial charge in [0, 0.05) is 8.86 Å². The Morgan fingerprint density at radius 3 is 1.06 bits per heavy atom. The first-order valence-electron chi connectivity index (χ1n) is 6.09. The molecule has 0 saturated carbocycles. The maximum Gasteiger partial charge on any atom is 0.0247 e. The van der Waals surface area contributed by atoms with Gasteiger partial charge in [-0.15, -0.1) is 0 Å². The Morgan fingerprint density at radius 1 is 0.500 bits per heavy atom. The first-order valence-corrected chi connectivity index (χ1v) is 9.14. The third-order valence-electron chi connectivity index (χ3n) is 3.06. The third-order valence-corrected chi connectivity index (χ3v) is 4.82. The van der Waals surface area contributed by atoms with Gasteiger partial charge in [0.05, 0.1) is 0 Å². The maximum atomic E-state index is 2.40. The lowest BCUT2D eigenvalue weighted by Crippen LogP contribution is -1.92. The Balaban J connectivity index is 1.93. The van der Waals surface area contributed by atoms with Crippen LogP contribution in [-0.2, 0) is 21.7 Å². The largest absolute Gasteiger partial charge is 0.0812 e. The number of halogens is 2. The van der Waals surface area contributed by atoms with E-state index in [0.29, 0.717) is 0 Å². The van der Waals surface area contributed by atoms with E-state index < -0.39 is 0 Å². The summed E-state index contributed by atoms with van der Waals surface area (Å²) in [6.45, 7) is 0. The number of rotatable bonds is 5. The van der Waals surface area contributed by atoms with E-state index >= 15 is 0 Å². The van der Waals surface area contributed by atoms with E-state index in [1.165, 1.54) is 22.3 Å². The number of aryl methyl sites for hydroxylation is 2.